The molecule has 5 nitrogen and oxygen atoms in total. The summed E-state index contributed by atoms with van der Waals surface area (Å²) in [7, 11) is 1.70. The third kappa shape index (κ3) is 6.24. The minimum Gasteiger partial charge on any atom is -0.497 e. The van der Waals surface area contributed by atoms with Gasteiger partial charge in [0.05, 0.1) is 19.7 Å². The molecule has 0 bridgehead atoms. The first-order valence-electron chi connectivity index (χ1n) is 8.71. The van der Waals surface area contributed by atoms with Crippen molar-refractivity contribution in [3.8, 4) is 5.75 Å². The zero-order valence-corrected chi connectivity index (χ0v) is 15.5. The molecule has 0 heterocycles. The van der Waals surface area contributed by atoms with Crippen LogP contribution in [0.3, 0.4) is 0 Å². The Morgan fingerprint density at radius 1 is 1.29 bits per heavy atom. The summed E-state index contributed by atoms with van der Waals surface area (Å²) in [6.45, 7) is 14.3. The van der Waals surface area contributed by atoms with Crippen molar-refractivity contribution in [3.63, 3.8) is 0 Å². The predicted octanol–water partition coefficient (Wildman–Crippen LogP) is 2.82. The number of guanidine groups is 1. The Morgan fingerprint density at radius 3 is 2.62 bits per heavy atom. The number of rotatable bonds is 10. The van der Waals surface area contributed by atoms with Crippen LogP contribution in [0.25, 0.3) is 0 Å². The zero-order valence-electron chi connectivity index (χ0n) is 15.5. The van der Waals surface area contributed by atoms with Crippen molar-refractivity contribution < 1.29 is 4.74 Å². The van der Waals surface area contributed by atoms with Crippen molar-refractivity contribution in [2.24, 2.45) is 4.99 Å². The molecule has 0 spiro atoms. The van der Waals surface area contributed by atoms with Crippen LogP contribution in [0, 0.1) is 0 Å². The summed E-state index contributed by atoms with van der Waals surface area (Å²) in [5.41, 5.74) is 1.22. The van der Waals surface area contributed by atoms with Gasteiger partial charge in [0.25, 0.3) is 0 Å². The number of benzene rings is 1. The van der Waals surface area contributed by atoms with Crippen LogP contribution in [0.2, 0.25) is 0 Å². The Labute approximate surface area is 146 Å². The molecule has 0 fully saturated rings. The molecule has 1 unspecified atom stereocenters. The molecule has 0 aromatic heterocycles. The molecule has 2 N–H and O–H groups in total. The van der Waals surface area contributed by atoms with E-state index >= 15 is 0 Å². The Bertz CT molecular complexity index is 512. The summed E-state index contributed by atoms with van der Waals surface area (Å²) in [5, 5.41) is 6.52. The molecule has 1 atom stereocenters. The fourth-order valence-corrected chi connectivity index (χ4v) is 2.63. The molecule has 1 rings (SSSR count). The van der Waals surface area contributed by atoms with Gasteiger partial charge in [-0.25, -0.2) is 0 Å². The maximum Gasteiger partial charge on any atom is 0.191 e. The lowest BCUT2D eigenvalue weighted by molar-refractivity contribution is 0.224. The van der Waals surface area contributed by atoms with Gasteiger partial charge in [-0.3, -0.25) is 9.89 Å². The molecule has 24 heavy (non-hydrogen) atoms. The maximum atomic E-state index is 5.38. The third-order valence-electron chi connectivity index (χ3n) is 3.91. The van der Waals surface area contributed by atoms with Crippen molar-refractivity contribution in [2.45, 2.75) is 26.8 Å². The largest absolute Gasteiger partial charge is 0.497 e. The molecule has 0 saturated carbocycles. The van der Waals surface area contributed by atoms with Crippen molar-refractivity contribution >= 4 is 5.96 Å². The first kappa shape index (κ1) is 20.0. The fraction of sp³-hybridized carbons (Fsp3) is 0.526. The number of nitrogens with zero attached hydrogens (tertiary/aromatic N) is 2. The van der Waals surface area contributed by atoms with E-state index in [1.807, 2.05) is 18.2 Å². The van der Waals surface area contributed by atoms with Crippen molar-refractivity contribution in [3.05, 3.63) is 42.5 Å². The fourth-order valence-electron chi connectivity index (χ4n) is 2.63. The smallest absolute Gasteiger partial charge is 0.191 e. The van der Waals surface area contributed by atoms with E-state index in [2.05, 4.69) is 55.0 Å². The Morgan fingerprint density at radius 2 is 2.04 bits per heavy atom. The number of methoxy groups -OCH3 is 1. The highest BCUT2D eigenvalue weighted by Gasteiger charge is 2.18. The van der Waals surface area contributed by atoms with E-state index in [4.69, 9.17) is 9.73 Å². The lowest BCUT2D eigenvalue weighted by atomic mass is 10.0. The van der Waals surface area contributed by atoms with E-state index in [0.717, 1.165) is 31.3 Å². The number of likely N-dealkylation sites (N-methyl/N-ethyl adjacent to an activating group) is 1. The van der Waals surface area contributed by atoms with E-state index in [-0.39, 0.29) is 6.04 Å². The summed E-state index contributed by atoms with van der Waals surface area (Å²) < 4.78 is 5.38. The van der Waals surface area contributed by atoms with Gasteiger partial charge in [0.1, 0.15) is 5.75 Å². The highest BCUT2D eigenvalue weighted by molar-refractivity contribution is 5.79. The average molecular weight is 332 g/mol. The predicted molar refractivity (Wildman–Crippen MR) is 103 cm³/mol. The second kappa shape index (κ2) is 11.5. The molecule has 0 aliphatic carbocycles. The van der Waals surface area contributed by atoms with Crippen molar-refractivity contribution in [1.82, 2.24) is 15.5 Å². The second-order valence-corrected chi connectivity index (χ2v) is 5.40. The summed E-state index contributed by atoms with van der Waals surface area (Å²) in [4.78, 5) is 7.18. The molecule has 0 aliphatic heterocycles. The van der Waals surface area contributed by atoms with E-state index < -0.39 is 0 Å². The first-order chi connectivity index (χ1) is 11.7. The van der Waals surface area contributed by atoms with Gasteiger partial charge in [-0.1, -0.05) is 32.1 Å². The monoisotopic (exact) mass is 332 g/mol. The van der Waals surface area contributed by atoms with Gasteiger partial charge < -0.3 is 15.4 Å². The Balaban J connectivity index is 3.01. The normalized spacial score (nSPS) is 12.8. The number of aliphatic imine (C=N–C) groups is 1. The number of hydrogen-bond donors (Lipinski definition) is 2. The van der Waals surface area contributed by atoms with Crippen LogP contribution < -0.4 is 15.4 Å². The molecular formula is C19H32N4O. The highest BCUT2D eigenvalue weighted by atomic mass is 16.5. The summed E-state index contributed by atoms with van der Waals surface area (Å²) in [5.74, 6) is 1.70. The van der Waals surface area contributed by atoms with E-state index in [0.29, 0.717) is 13.1 Å². The zero-order chi connectivity index (χ0) is 17.8. The van der Waals surface area contributed by atoms with Crippen molar-refractivity contribution in [2.75, 3.05) is 39.8 Å². The number of nitrogens with one attached hydrogen (secondary N) is 2. The van der Waals surface area contributed by atoms with Gasteiger partial charge in [0.2, 0.25) is 0 Å². The molecule has 1 aromatic rings. The maximum absolute atomic E-state index is 5.38. The molecule has 134 valence electrons. The Hall–Kier alpha value is -2.01. The topological polar surface area (TPSA) is 48.9 Å². The third-order valence-corrected chi connectivity index (χ3v) is 3.91. The lowest BCUT2D eigenvalue weighted by Crippen LogP contribution is -2.38. The SMILES string of the molecule is C=CCNC(=NCC(c1cccc(OC)c1)N(CC)CC)NCC. The molecule has 0 aliphatic rings. The van der Waals surface area contributed by atoms with E-state index in [1.165, 1.54) is 5.56 Å². The molecule has 5 heteroatoms. The van der Waals surface area contributed by atoms with Crippen molar-refractivity contribution in [1.29, 1.82) is 0 Å². The van der Waals surface area contributed by atoms with E-state index in [1.54, 1.807) is 7.11 Å². The van der Waals surface area contributed by atoms with Crippen LogP contribution in [0.4, 0.5) is 0 Å². The minimum absolute atomic E-state index is 0.217. The summed E-state index contributed by atoms with van der Waals surface area (Å²) >= 11 is 0. The van der Waals surface area contributed by atoms with Gasteiger partial charge in [-0.15, -0.1) is 6.58 Å². The van der Waals surface area contributed by atoms with Gasteiger partial charge in [0, 0.05) is 13.1 Å². The molecule has 0 saturated heterocycles. The highest BCUT2D eigenvalue weighted by Crippen LogP contribution is 2.24. The summed E-state index contributed by atoms with van der Waals surface area (Å²) in [6.07, 6.45) is 1.83. The first-order valence-corrected chi connectivity index (χ1v) is 8.71. The molecule has 0 amide bonds. The van der Waals surface area contributed by atoms with Gasteiger partial charge >= 0.3 is 0 Å². The van der Waals surface area contributed by atoms with Gasteiger partial charge in [-0.05, 0) is 37.7 Å². The number of ether oxygens (including phenoxy) is 1. The molecule has 0 radical (unpaired) electrons. The van der Waals surface area contributed by atoms with Gasteiger partial charge in [0.15, 0.2) is 5.96 Å². The van der Waals surface area contributed by atoms with Crippen LogP contribution in [0.1, 0.15) is 32.4 Å². The Kier molecular flexibility index (Phi) is 9.61. The standard InChI is InChI=1S/C19H32N4O/c1-6-13-21-19(20-7-2)22-15-18(23(8-3)9-4)16-11-10-12-17(14-16)24-5/h6,10-12,14,18H,1,7-9,13,15H2,2-5H3,(H2,20,21,22). The lowest BCUT2D eigenvalue weighted by Gasteiger charge is -2.29. The average Bonchev–Trinajstić information content (AvgIpc) is 2.62. The molecule has 1 aromatic carbocycles. The van der Waals surface area contributed by atoms with Crippen LogP contribution >= 0.6 is 0 Å². The van der Waals surface area contributed by atoms with Crippen LogP contribution in [0.5, 0.6) is 5.75 Å². The molecular weight excluding hydrogens is 300 g/mol. The van der Waals surface area contributed by atoms with Crippen LogP contribution in [-0.4, -0.2) is 50.7 Å². The van der Waals surface area contributed by atoms with Crippen LogP contribution in [-0.2, 0) is 0 Å². The minimum atomic E-state index is 0.217. The van der Waals surface area contributed by atoms with E-state index in [9.17, 15) is 0 Å². The number of hydrogen-bond acceptors (Lipinski definition) is 3. The van der Waals surface area contributed by atoms with Crippen LogP contribution in [0.15, 0.2) is 41.9 Å². The summed E-state index contributed by atoms with van der Waals surface area (Å²) in [6, 6.07) is 8.47. The quantitative estimate of drug-likeness (QED) is 0.393. The van der Waals surface area contributed by atoms with Gasteiger partial charge in [-0.2, -0.15) is 0 Å². The second-order valence-electron chi connectivity index (χ2n) is 5.40.